The van der Waals surface area contributed by atoms with Gasteiger partial charge < -0.3 is 35.0 Å². The maximum Gasteiger partial charge on any atom is 0.229 e. The molecule has 9 heteroatoms. The maximum absolute atomic E-state index is 13.0. The molecule has 1 heterocycles. The smallest absolute Gasteiger partial charge is 0.229 e. The summed E-state index contributed by atoms with van der Waals surface area (Å²) in [7, 11) is 0. The molecule has 164 valence electrons. The fraction of sp³-hybridized carbons (Fsp3) is 0.364. The van der Waals surface area contributed by atoms with Crippen molar-refractivity contribution in [3.63, 3.8) is 0 Å². The van der Waals surface area contributed by atoms with Crippen molar-refractivity contribution in [2.24, 2.45) is 5.92 Å². The zero-order chi connectivity index (χ0) is 22.6. The van der Waals surface area contributed by atoms with Crippen LogP contribution in [-0.2, 0) is 4.74 Å². The summed E-state index contributed by atoms with van der Waals surface area (Å²) in [4.78, 5) is 25.9. The van der Waals surface area contributed by atoms with Crippen molar-refractivity contribution in [1.29, 1.82) is 0 Å². The maximum atomic E-state index is 13.0. The Bertz CT molecular complexity index is 1080. The van der Waals surface area contributed by atoms with E-state index in [0.717, 1.165) is 0 Å². The number of aliphatic hydroxyl groups is 3. The number of benzene rings is 2. The van der Waals surface area contributed by atoms with Crippen molar-refractivity contribution >= 4 is 11.6 Å². The standard InChI is InChI=1S/C22H22O9/c1-8-6-11-15(18(27)14-10(17(11)26)4-3-5-12(14)24)19(28)21(8)31-22-20(29)16(25)9(2)13(7-23)30-22/h3-6,9,13,16,20,22-25,28-29H,7H2,1-2H3/t9-,13?,16?,20+,22-/m1/s1. The molecule has 2 unspecified atom stereocenters. The van der Waals surface area contributed by atoms with E-state index in [9.17, 15) is 35.1 Å². The molecular formula is C22H22O9. The zero-order valence-electron chi connectivity index (χ0n) is 16.8. The molecule has 5 N–H and O–H groups in total. The summed E-state index contributed by atoms with van der Waals surface area (Å²) < 4.78 is 11.2. The quantitative estimate of drug-likeness (QED) is 0.403. The summed E-state index contributed by atoms with van der Waals surface area (Å²) in [5.74, 6) is -3.12. The van der Waals surface area contributed by atoms with Gasteiger partial charge in [0.15, 0.2) is 17.3 Å². The number of phenols is 2. The topological polar surface area (TPSA) is 154 Å². The number of carbonyl (C=O) groups excluding carboxylic acids is 2. The second kappa shape index (κ2) is 7.61. The first-order valence-electron chi connectivity index (χ1n) is 9.74. The molecule has 4 rings (SSSR count). The van der Waals surface area contributed by atoms with Gasteiger partial charge in [0.1, 0.15) is 11.9 Å². The molecule has 1 aliphatic carbocycles. The van der Waals surface area contributed by atoms with Crippen molar-refractivity contribution in [3.05, 3.63) is 52.1 Å². The number of aliphatic hydroxyl groups excluding tert-OH is 3. The number of aromatic hydroxyl groups is 2. The SMILES string of the molecule is Cc1cc2c(c(O)c1O[C@H]1OC(CO)[C@@H](C)C(O)[C@@H]1O)C(=O)c1c(O)cccc1C2=O. The van der Waals surface area contributed by atoms with Gasteiger partial charge in [-0.25, -0.2) is 0 Å². The number of ketones is 2. The van der Waals surface area contributed by atoms with Crippen LogP contribution in [0.3, 0.4) is 0 Å². The van der Waals surface area contributed by atoms with Crippen LogP contribution >= 0.6 is 0 Å². The number of carbonyl (C=O) groups is 2. The summed E-state index contributed by atoms with van der Waals surface area (Å²) in [5.41, 5.74) is -0.289. The lowest BCUT2D eigenvalue weighted by Crippen LogP contribution is -2.56. The van der Waals surface area contributed by atoms with Crippen LogP contribution in [0.2, 0.25) is 0 Å². The van der Waals surface area contributed by atoms with E-state index in [4.69, 9.17) is 9.47 Å². The molecule has 0 saturated carbocycles. The lowest BCUT2D eigenvalue weighted by Gasteiger charge is -2.40. The van der Waals surface area contributed by atoms with Crippen LogP contribution in [0.1, 0.15) is 44.3 Å². The molecule has 0 aromatic heterocycles. The number of phenolic OH excluding ortho intramolecular Hbond substituents is 2. The highest BCUT2D eigenvalue weighted by atomic mass is 16.7. The van der Waals surface area contributed by atoms with E-state index in [1.807, 2.05) is 0 Å². The molecular weight excluding hydrogens is 408 g/mol. The summed E-state index contributed by atoms with van der Waals surface area (Å²) in [5, 5.41) is 51.0. The summed E-state index contributed by atoms with van der Waals surface area (Å²) in [6, 6.07) is 5.50. The molecule has 2 aliphatic rings. The first-order chi connectivity index (χ1) is 14.7. The fourth-order valence-corrected chi connectivity index (χ4v) is 4.07. The molecule has 0 spiro atoms. The highest BCUT2D eigenvalue weighted by Crippen LogP contribution is 2.43. The molecule has 9 nitrogen and oxygen atoms in total. The van der Waals surface area contributed by atoms with Gasteiger partial charge in [-0.3, -0.25) is 9.59 Å². The minimum Gasteiger partial charge on any atom is -0.507 e. The third-order valence-corrected chi connectivity index (χ3v) is 5.90. The van der Waals surface area contributed by atoms with Gasteiger partial charge in [-0.2, -0.15) is 0 Å². The van der Waals surface area contributed by atoms with E-state index in [2.05, 4.69) is 0 Å². The minimum atomic E-state index is -1.49. The Hall–Kier alpha value is -2.98. The number of aryl methyl sites for hydroxylation is 1. The predicted octanol–water partition coefficient (Wildman–Crippen LogP) is 0.636. The summed E-state index contributed by atoms with van der Waals surface area (Å²) >= 11 is 0. The Morgan fingerprint density at radius 1 is 1.03 bits per heavy atom. The van der Waals surface area contributed by atoms with Crippen LogP contribution in [0.5, 0.6) is 17.2 Å². The van der Waals surface area contributed by atoms with Crippen LogP contribution in [0.15, 0.2) is 24.3 Å². The lowest BCUT2D eigenvalue weighted by atomic mass is 9.82. The first-order valence-corrected chi connectivity index (χ1v) is 9.74. The molecule has 0 radical (unpaired) electrons. The molecule has 2 aromatic carbocycles. The van der Waals surface area contributed by atoms with Crippen molar-refractivity contribution in [2.75, 3.05) is 6.61 Å². The van der Waals surface area contributed by atoms with Crippen LogP contribution in [0, 0.1) is 12.8 Å². The number of hydrogen-bond donors (Lipinski definition) is 5. The van der Waals surface area contributed by atoms with Gasteiger partial charge in [0.2, 0.25) is 12.1 Å². The van der Waals surface area contributed by atoms with E-state index in [0.29, 0.717) is 0 Å². The Morgan fingerprint density at radius 2 is 1.74 bits per heavy atom. The molecule has 0 bridgehead atoms. The van der Waals surface area contributed by atoms with Crippen LogP contribution in [0.4, 0.5) is 0 Å². The Kier molecular flexibility index (Phi) is 5.22. The third-order valence-electron chi connectivity index (χ3n) is 5.90. The second-order valence-electron chi connectivity index (χ2n) is 7.84. The van der Waals surface area contributed by atoms with E-state index < -0.39 is 60.2 Å². The average molecular weight is 430 g/mol. The normalized spacial score (nSPS) is 27.6. The van der Waals surface area contributed by atoms with E-state index >= 15 is 0 Å². The zero-order valence-corrected chi connectivity index (χ0v) is 16.8. The highest BCUT2D eigenvalue weighted by Gasteiger charge is 2.44. The van der Waals surface area contributed by atoms with Gasteiger partial charge in [-0.05, 0) is 24.6 Å². The Morgan fingerprint density at radius 3 is 2.42 bits per heavy atom. The summed E-state index contributed by atoms with van der Waals surface area (Å²) in [6.07, 6.45) is -5.02. The Balaban J connectivity index is 1.77. The van der Waals surface area contributed by atoms with Gasteiger partial charge in [0, 0.05) is 17.0 Å². The van der Waals surface area contributed by atoms with Gasteiger partial charge >= 0.3 is 0 Å². The van der Waals surface area contributed by atoms with Crippen LogP contribution < -0.4 is 4.74 Å². The predicted molar refractivity (Wildman–Crippen MR) is 105 cm³/mol. The first kappa shape index (κ1) is 21.3. The molecule has 1 aliphatic heterocycles. The van der Waals surface area contributed by atoms with E-state index in [1.165, 1.54) is 31.2 Å². The highest BCUT2D eigenvalue weighted by molar-refractivity contribution is 6.30. The van der Waals surface area contributed by atoms with Crippen molar-refractivity contribution in [2.45, 2.75) is 38.4 Å². The number of ether oxygens (including phenoxy) is 2. The van der Waals surface area contributed by atoms with Gasteiger partial charge in [-0.1, -0.05) is 19.1 Å². The van der Waals surface area contributed by atoms with Gasteiger partial charge in [0.25, 0.3) is 0 Å². The number of fused-ring (bicyclic) bond motifs is 2. The Labute approximate surface area is 177 Å². The largest absolute Gasteiger partial charge is 0.507 e. The molecule has 1 saturated heterocycles. The van der Waals surface area contributed by atoms with Crippen molar-refractivity contribution < 1.29 is 44.6 Å². The molecule has 31 heavy (non-hydrogen) atoms. The van der Waals surface area contributed by atoms with E-state index in [-0.39, 0.29) is 33.6 Å². The fourth-order valence-electron chi connectivity index (χ4n) is 4.07. The number of hydrogen-bond acceptors (Lipinski definition) is 9. The molecule has 2 aromatic rings. The van der Waals surface area contributed by atoms with Crippen molar-refractivity contribution in [3.8, 4) is 17.2 Å². The minimum absolute atomic E-state index is 0.0268. The van der Waals surface area contributed by atoms with Crippen LogP contribution in [0.25, 0.3) is 0 Å². The van der Waals surface area contributed by atoms with Crippen molar-refractivity contribution in [1.82, 2.24) is 0 Å². The average Bonchev–Trinajstić information content (AvgIpc) is 2.74. The lowest BCUT2D eigenvalue weighted by molar-refractivity contribution is -0.261. The van der Waals surface area contributed by atoms with Crippen LogP contribution in [-0.4, -0.2) is 68.3 Å². The summed E-state index contributed by atoms with van der Waals surface area (Å²) in [6.45, 7) is 2.70. The molecule has 1 fully saturated rings. The van der Waals surface area contributed by atoms with Gasteiger partial charge in [0.05, 0.1) is 29.9 Å². The van der Waals surface area contributed by atoms with Gasteiger partial charge in [-0.15, -0.1) is 0 Å². The monoisotopic (exact) mass is 430 g/mol. The molecule has 5 atom stereocenters. The third kappa shape index (κ3) is 3.17. The second-order valence-corrected chi connectivity index (χ2v) is 7.84. The van der Waals surface area contributed by atoms with E-state index in [1.54, 1.807) is 6.92 Å². The number of rotatable bonds is 3. The molecule has 0 amide bonds.